The number of ether oxygens (including phenoxy) is 4. The molecular weight excluding hydrogens is 875 g/mol. The van der Waals surface area contributed by atoms with Crippen LogP contribution in [0.25, 0.3) is 0 Å². The van der Waals surface area contributed by atoms with Crippen LogP contribution in [0.2, 0.25) is 0 Å². The fraction of sp³-hybridized carbons (Fsp3) is 0.804. The van der Waals surface area contributed by atoms with Gasteiger partial charge in [-0.1, -0.05) is 97.3 Å². The van der Waals surface area contributed by atoms with Gasteiger partial charge in [-0.3, -0.25) is 33.6 Å². The highest BCUT2D eigenvalue weighted by Gasteiger charge is 2.32. The molecule has 0 aliphatic carbocycles. The van der Waals surface area contributed by atoms with Crippen molar-refractivity contribution >= 4 is 40.9 Å². The van der Waals surface area contributed by atoms with E-state index in [0.29, 0.717) is 84.1 Å². The third kappa shape index (κ3) is 36.1. The molecule has 0 aliphatic heterocycles. The smallest absolute Gasteiger partial charge is 0.303 e. The number of carboxylic acid groups (broad SMARTS) is 1. The normalized spacial score (nSPS) is 12.4. The summed E-state index contributed by atoms with van der Waals surface area (Å²) in [5.74, 6) is -1.47. The van der Waals surface area contributed by atoms with E-state index in [9.17, 15) is 33.6 Å². The second-order valence-electron chi connectivity index (χ2n) is 18.7. The third-order valence-electron chi connectivity index (χ3n) is 12.0. The first-order chi connectivity index (χ1) is 32.7. The SMILES string of the molecule is CC(=O)[C@H](CCCCNC(=O)COCCOCCNC(=O)COCCOCCCC(=O)CCCCCCCCCCCCCCCCC(=O)O)CCC(=O)C(C)(C)CC(=O)[C@@H](N)Cc1cnc[nH]1. The van der Waals surface area contributed by atoms with Crippen LogP contribution in [0.1, 0.15) is 181 Å². The number of hydrogen-bond acceptors (Lipinski definition) is 13. The highest BCUT2D eigenvalue weighted by molar-refractivity contribution is 5.93. The van der Waals surface area contributed by atoms with E-state index in [2.05, 4.69) is 20.6 Å². The van der Waals surface area contributed by atoms with E-state index < -0.39 is 17.4 Å². The van der Waals surface area contributed by atoms with Gasteiger partial charge in [0.2, 0.25) is 11.8 Å². The Morgan fingerprint density at radius 2 is 1.15 bits per heavy atom. The van der Waals surface area contributed by atoms with Gasteiger partial charge in [-0.25, -0.2) is 4.98 Å². The Kier molecular flexibility index (Phi) is 37.4. The zero-order valence-corrected chi connectivity index (χ0v) is 42.0. The van der Waals surface area contributed by atoms with E-state index in [1.807, 2.05) is 0 Å². The molecule has 17 heteroatoms. The van der Waals surface area contributed by atoms with Gasteiger partial charge in [0.1, 0.15) is 30.6 Å². The number of ketones is 4. The minimum Gasteiger partial charge on any atom is -0.481 e. The molecule has 0 saturated carbocycles. The van der Waals surface area contributed by atoms with Gasteiger partial charge in [0.25, 0.3) is 0 Å². The van der Waals surface area contributed by atoms with Crippen molar-refractivity contribution in [2.75, 3.05) is 65.9 Å². The van der Waals surface area contributed by atoms with Crippen molar-refractivity contribution in [3.63, 3.8) is 0 Å². The first-order valence-corrected chi connectivity index (χ1v) is 25.6. The number of unbranched alkanes of at least 4 members (excludes halogenated alkanes) is 14. The lowest BCUT2D eigenvalue weighted by Gasteiger charge is -2.25. The van der Waals surface area contributed by atoms with E-state index in [1.165, 1.54) is 71.0 Å². The maximum absolute atomic E-state index is 13.0. The van der Waals surface area contributed by atoms with E-state index in [4.69, 9.17) is 29.8 Å². The number of carboxylic acids is 1. The van der Waals surface area contributed by atoms with Gasteiger partial charge >= 0.3 is 5.97 Å². The highest BCUT2D eigenvalue weighted by Crippen LogP contribution is 2.27. The molecule has 0 radical (unpaired) electrons. The molecule has 0 aliphatic rings. The number of aromatic amines is 1. The molecule has 2 atom stereocenters. The van der Waals surface area contributed by atoms with Crippen molar-refractivity contribution in [1.82, 2.24) is 20.6 Å². The molecule has 0 bridgehead atoms. The van der Waals surface area contributed by atoms with E-state index >= 15 is 0 Å². The highest BCUT2D eigenvalue weighted by atomic mass is 16.5. The summed E-state index contributed by atoms with van der Waals surface area (Å²) in [5, 5.41) is 14.2. The molecule has 1 aromatic heterocycles. The number of amides is 2. The molecule has 1 rings (SSSR count). The van der Waals surface area contributed by atoms with Gasteiger partial charge < -0.3 is 45.4 Å². The molecular formula is C51H89N5O12. The Bertz CT molecular complexity index is 1520. The molecule has 68 heavy (non-hydrogen) atoms. The number of hydrogen-bond donors (Lipinski definition) is 5. The maximum Gasteiger partial charge on any atom is 0.303 e. The first-order valence-electron chi connectivity index (χ1n) is 25.6. The monoisotopic (exact) mass is 964 g/mol. The molecule has 0 spiro atoms. The Hall–Kier alpha value is -3.90. The molecule has 6 N–H and O–H groups in total. The Balaban J connectivity index is 1.90. The van der Waals surface area contributed by atoms with Gasteiger partial charge in [-0.05, 0) is 45.4 Å². The van der Waals surface area contributed by atoms with Gasteiger partial charge in [0.15, 0.2) is 5.78 Å². The van der Waals surface area contributed by atoms with Crippen molar-refractivity contribution in [2.45, 2.75) is 187 Å². The summed E-state index contributed by atoms with van der Waals surface area (Å²) in [6.07, 6.45) is 24.5. The minimum atomic E-state index is -0.890. The molecule has 1 aromatic rings. The molecule has 0 fully saturated rings. The van der Waals surface area contributed by atoms with Crippen LogP contribution in [0, 0.1) is 11.3 Å². The summed E-state index contributed by atoms with van der Waals surface area (Å²) in [5.41, 5.74) is 5.94. The summed E-state index contributed by atoms with van der Waals surface area (Å²) in [6.45, 7) is 7.40. The van der Waals surface area contributed by atoms with E-state index in [0.717, 1.165) is 37.8 Å². The average Bonchev–Trinajstić information content (AvgIpc) is 3.81. The number of aliphatic carboxylic acids is 1. The largest absolute Gasteiger partial charge is 0.481 e. The van der Waals surface area contributed by atoms with Crippen molar-refractivity contribution < 1.29 is 57.6 Å². The fourth-order valence-corrected chi connectivity index (χ4v) is 7.70. The lowest BCUT2D eigenvalue weighted by molar-refractivity contribution is -0.137. The van der Waals surface area contributed by atoms with Crippen LogP contribution in [0.5, 0.6) is 0 Å². The van der Waals surface area contributed by atoms with Crippen molar-refractivity contribution in [2.24, 2.45) is 17.1 Å². The van der Waals surface area contributed by atoms with E-state index in [-0.39, 0.29) is 93.3 Å². The molecule has 390 valence electrons. The van der Waals surface area contributed by atoms with Crippen LogP contribution in [0.4, 0.5) is 0 Å². The van der Waals surface area contributed by atoms with Crippen molar-refractivity contribution in [1.29, 1.82) is 0 Å². The van der Waals surface area contributed by atoms with Crippen molar-refractivity contribution in [3.05, 3.63) is 18.2 Å². The molecule has 0 aromatic carbocycles. The summed E-state index contributed by atoms with van der Waals surface area (Å²) >= 11 is 0. The second-order valence-corrected chi connectivity index (χ2v) is 18.7. The lowest BCUT2D eigenvalue weighted by atomic mass is 9.78. The quantitative estimate of drug-likeness (QED) is 0.0414. The summed E-state index contributed by atoms with van der Waals surface area (Å²) in [7, 11) is 0. The fourth-order valence-electron chi connectivity index (χ4n) is 7.70. The molecule has 0 unspecified atom stereocenters. The molecule has 0 saturated heterocycles. The summed E-state index contributed by atoms with van der Waals surface area (Å²) in [4.78, 5) is 91.8. The van der Waals surface area contributed by atoms with Gasteiger partial charge in [-0.2, -0.15) is 0 Å². The topological polar surface area (TPSA) is 255 Å². The minimum absolute atomic E-state index is 0.0122. The Morgan fingerprint density at radius 1 is 0.632 bits per heavy atom. The average molecular weight is 964 g/mol. The standard InChI is InChI=1S/C51H89N5O12/c1-41(57)42(25-26-47(60)51(2,3)36-46(59)45(52)35-43-37-53-40-56-43)21-18-19-27-54-48(61)38-68-34-32-66-30-28-55-49(62)39-67-33-31-65-29-20-23-44(58)22-16-14-12-10-8-6-4-5-7-9-11-13-15-17-24-50(63)64/h37,40,42,45H,4-36,38-39,52H2,1-3H3,(H,53,56)(H,54,61)(H,55,62)(H,63,64)/t42-,45+/m1/s1. The van der Waals surface area contributed by atoms with Crippen LogP contribution in [0.3, 0.4) is 0 Å². The van der Waals surface area contributed by atoms with Crippen LogP contribution < -0.4 is 16.4 Å². The Morgan fingerprint density at radius 3 is 1.69 bits per heavy atom. The predicted molar refractivity (Wildman–Crippen MR) is 261 cm³/mol. The number of imidazole rings is 1. The summed E-state index contributed by atoms with van der Waals surface area (Å²) < 4.78 is 21.7. The van der Waals surface area contributed by atoms with Gasteiger partial charge in [0, 0.05) is 81.4 Å². The number of nitrogens with zero attached hydrogens (tertiary/aromatic N) is 1. The number of nitrogens with two attached hydrogens (primary N) is 1. The van der Waals surface area contributed by atoms with Gasteiger partial charge in [0.05, 0.1) is 45.4 Å². The Labute approximate surface area is 406 Å². The number of nitrogens with one attached hydrogen (secondary N) is 3. The van der Waals surface area contributed by atoms with Crippen LogP contribution >= 0.6 is 0 Å². The zero-order valence-electron chi connectivity index (χ0n) is 42.0. The van der Waals surface area contributed by atoms with Crippen molar-refractivity contribution in [3.8, 4) is 0 Å². The van der Waals surface area contributed by atoms with Gasteiger partial charge in [-0.15, -0.1) is 0 Å². The van der Waals surface area contributed by atoms with Crippen LogP contribution in [-0.4, -0.2) is 128 Å². The predicted octanol–water partition coefficient (Wildman–Crippen LogP) is 6.96. The molecule has 1 heterocycles. The second kappa shape index (κ2) is 40.9. The molecule has 2 amide bonds. The lowest BCUT2D eigenvalue weighted by Crippen LogP contribution is -2.38. The number of carbonyl (C=O) groups excluding carboxylic acids is 6. The number of carbonyl (C=O) groups is 7. The third-order valence-corrected chi connectivity index (χ3v) is 12.0. The first kappa shape index (κ1) is 62.1. The number of aromatic nitrogens is 2. The number of H-pyrrole nitrogens is 1. The molecule has 17 nitrogen and oxygen atoms in total. The number of rotatable bonds is 49. The van der Waals surface area contributed by atoms with E-state index in [1.54, 1.807) is 20.0 Å². The van der Waals surface area contributed by atoms with Crippen LogP contribution in [-0.2, 0) is 58.9 Å². The van der Waals surface area contributed by atoms with Crippen LogP contribution in [0.15, 0.2) is 12.5 Å². The summed E-state index contributed by atoms with van der Waals surface area (Å²) in [6, 6.07) is -0.735. The zero-order chi connectivity index (χ0) is 50.1. The number of Topliss-reactive ketones (excluding diaryl/α,β-unsaturated/α-hetero) is 4. The maximum atomic E-state index is 13.0.